The molecule has 3 rings (SSSR count). The van der Waals surface area contributed by atoms with Gasteiger partial charge in [-0.15, -0.1) is 10.2 Å². The van der Waals surface area contributed by atoms with Gasteiger partial charge in [-0.1, -0.05) is 64.5 Å². The lowest BCUT2D eigenvalue weighted by molar-refractivity contribution is 0.457. The molecule has 21 heavy (non-hydrogen) atoms. The lowest BCUT2D eigenvalue weighted by Gasteiger charge is -2.14. The topological polar surface area (TPSA) is 69.6 Å². The number of rotatable bonds is 4. The van der Waals surface area contributed by atoms with Gasteiger partial charge in [0.05, 0.1) is 0 Å². The second-order valence-corrected chi connectivity index (χ2v) is 5.43. The van der Waals surface area contributed by atoms with Crippen LogP contribution in [0.2, 0.25) is 0 Å². The molecule has 0 spiro atoms. The van der Waals surface area contributed by atoms with Crippen LogP contribution in [0.25, 0.3) is 11.4 Å². The summed E-state index contributed by atoms with van der Waals surface area (Å²) in [5, 5.41) is 12.7. The van der Waals surface area contributed by atoms with Gasteiger partial charge in [-0.3, -0.25) is 0 Å². The first-order chi connectivity index (χ1) is 10.3. The third-order valence-electron chi connectivity index (χ3n) is 3.23. The maximum atomic E-state index is 5.90. The van der Waals surface area contributed by atoms with Gasteiger partial charge in [0.2, 0.25) is 5.82 Å². The molecule has 1 unspecified atom stereocenters. The smallest absolute Gasteiger partial charge is 0.204 e. The molecule has 106 valence electrons. The van der Waals surface area contributed by atoms with Crippen molar-refractivity contribution in [1.29, 1.82) is 0 Å². The Morgan fingerprint density at radius 1 is 1.05 bits per heavy atom. The van der Waals surface area contributed by atoms with Crippen LogP contribution in [0.15, 0.2) is 59.1 Å². The van der Waals surface area contributed by atoms with Gasteiger partial charge in [0.15, 0.2) is 0 Å². The summed E-state index contributed by atoms with van der Waals surface area (Å²) in [5.41, 5.74) is 7.88. The van der Waals surface area contributed by atoms with E-state index in [2.05, 4.69) is 31.3 Å². The molecule has 0 saturated heterocycles. The Bertz CT molecular complexity index is 726. The van der Waals surface area contributed by atoms with Crippen molar-refractivity contribution in [2.45, 2.75) is 6.04 Å². The molecule has 0 radical (unpaired) electrons. The first-order valence-corrected chi connectivity index (χ1v) is 7.38. The average molecular weight is 344 g/mol. The fraction of sp³-hybridized carbons (Fsp3) is 0.133. The van der Waals surface area contributed by atoms with E-state index in [1.165, 1.54) is 0 Å². The molecule has 2 N–H and O–H groups in total. The van der Waals surface area contributed by atoms with E-state index in [-0.39, 0.29) is 6.04 Å². The molecule has 0 aliphatic heterocycles. The van der Waals surface area contributed by atoms with Crippen molar-refractivity contribution in [3.05, 3.63) is 64.6 Å². The van der Waals surface area contributed by atoms with Gasteiger partial charge in [0.25, 0.3) is 0 Å². The lowest BCUT2D eigenvalue weighted by atomic mass is 10.1. The van der Waals surface area contributed by atoms with Crippen molar-refractivity contribution < 1.29 is 0 Å². The normalized spacial score (nSPS) is 12.3. The molecule has 1 heterocycles. The summed E-state index contributed by atoms with van der Waals surface area (Å²) in [6.45, 7) is 0.396. The molecule has 6 heteroatoms. The van der Waals surface area contributed by atoms with Gasteiger partial charge in [0, 0.05) is 16.6 Å². The largest absolute Gasteiger partial charge is 0.328 e. The third-order valence-corrected chi connectivity index (χ3v) is 3.95. The zero-order chi connectivity index (χ0) is 14.7. The molecular formula is C15H14BrN5. The average Bonchev–Trinajstić information content (AvgIpc) is 3.00. The minimum Gasteiger partial charge on any atom is -0.328 e. The summed E-state index contributed by atoms with van der Waals surface area (Å²) in [5.74, 6) is 0.598. The fourth-order valence-corrected chi connectivity index (χ4v) is 2.70. The standard InChI is InChI=1S/C15H14BrN5/c16-13-9-5-4-8-12(13)14(10-17)21-19-15(18-20-21)11-6-2-1-3-7-11/h1-9,14H,10,17H2. The zero-order valence-electron chi connectivity index (χ0n) is 11.2. The van der Waals surface area contributed by atoms with Gasteiger partial charge < -0.3 is 5.73 Å². The van der Waals surface area contributed by atoms with E-state index >= 15 is 0 Å². The molecule has 0 aliphatic carbocycles. The van der Waals surface area contributed by atoms with Crippen LogP contribution in [-0.4, -0.2) is 26.8 Å². The Morgan fingerprint density at radius 3 is 2.48 bits per heavy atom. The van der Waals surface area contributed by atoms with Crippen molar-refractivity contribution in [3.8, 4) is 11.4 Å². The number of hydrogen-bond acceptors (Lipinski definition) is 4. The van der Waals surface area contributed by atoms with Crippen LogP contribution in [0.5, 0.6) is 0 Å². The molecule has 3 aromatic rings. The Balaban J connectivity index is 1.96. The summed E-state index contributed by atoms with van der Waals surface area (Å²) in [7, 11) is 0. The van der Waals surface area contributed by atoms with E-state index in [4.69, 9.17) is 5.73 Å². The van der Waals surface area contributed by atoms with Crippen LogP contribution in [0, 0.1) is 0 Å². The summed E-state index contributed by atoms with van der Waals surface area (Å²) in [6, 6.07) is 17.5. The first kappa shape index (κ1) is 13.9. The van der Waals surface area contributed by atoms with Crippen molar-refractivity contribution >= 4 is 15.9 Å². The van der Waals surface area contributed by atoms with E-state index in [0.717, 1.165) is 15.6 Å². The Hall–Kier alpha value is -2.05. The van der Waals surface area contributed by atoms with Crippen LogP contribution in [0.4, 0.5) is 0 Å². The number of tetrazole rings is 1. The lowest BCUT2D eigenvalue weighted by Crippen LogP contribution is -2.23. The van der Waals surface area contributed by atoms with Crippen molar-refractivity contribution in [2.24, 2.45) is 5.73 Å². The number of aromatic nitrogens is 4. The van der Waals surface area contributed by atoms with Crippen LogP contribution >= 0.6 is 15.9 Å². The summed E-state index contributed by atoms with van der Waals surface area (Å²) in [4.78, 5) is 1.57. The molecule has 0 bridgehead atoms. The fourth-order valence-electron chi connectivity index (χ4n) is 2.15. The monoisotopic (exact) mass is 343 g/mol. The SMILES string of the molecule is NCC(c1ccccc1Br)n1nnc(-c2ccccc2)n1. The van der Waals surface area contributed by atoms with Crippen molar-refractivity contribution in [1.82, 2.24) is 20.2 Å². The van der Waals surface area contributed by atoms with Crippen LogP contribution in [0.3, 0.4) is 0 Å². The summed E-state index contributed by atoms with van der Waals surface area (Å²) in [6.07, 6.45) is 0. The molecule has 2 aromatic carbocycles. The highest BCUT2D eigenvalue weighted by atomic mass is 79.9. The van der Waals surface area contributed by atoms with Gasteiger partial charge in [0.1, 0.15) is 6.04 Å². The highest BCUT2D eigenvalue weighted by Gasteiger charge is 2.18. The van der Waals surface area contributed by atoms with Crippen molar-refractivity contribution in [3.63, 3.8) is 0 Å². The quantitative estimate of drug-likeness (QED) is 0.790. The van der Waals surface area contributed by atoms with Gasteiger partial charge in [-0.25, -0.2) is 0 Å². The highest BCUT2D eigenvalue weighted by Crippen LogP contribution is 2.25. The van der Waals surface area contributed by atoms with E-state index in [1.54, 1.807) is 4.80 Å². The number of nitrogens with two attached hydrogens (primary N) is 1. The third kappa shape index (κ3) is 2.86. The summed E-state index contributed by atoms with van der Waals surface area (Å²) < 4.78 is 0.985. The first-order valence-electron chi connectivity index (χ1n) is 6.59. The van der Waals surface area contributed by atoms with Gasteiger partial charge >= 0.3 is 0 Å². The molecule has 1 atom stereocenters. The van der Waals surface area contributed by atoms with Crippen LogP contribution in [-0.2, 0) is 0 Å². The maximum absolute atomic E-state index is 5.90. The molecule has 1 aromatic heterocycles. The number of nitrogens with zero attached hydrogens (tertiary/aromatic N) is 4. The van der Waals surface area contributed by atoms with E-state index in [1.807, 2.05) is 54.6 Å². The van der Waals surface area contributed by atoms with Crippen molar-refractivity contribution in [2.75, 3.05) is 6.54 Å². The maximum Gasteiger partial charge on any atom is 0.204 e. The molecule has 0 fully saturated rings. The van der Waals surface area contributed by atoms with Crippen LogP contribution < -0.4 is 5.73 Å². The minimum absolute atomic E-state index is 0.148. The Morgan fingerprint density at radius 2 is 1.76 bits per heavy atom. The van der Waals surface area contributed by atoms with E-state index in [9.17, 15) is 0 Å². The Labute approximate surface area is 130 Å². The predicted octanol–water partition coefficient (Wildman–Crippen LogP) is 2.65. The highest BCUT2D eigenvalue weighted by molar-refractivity contribution is 9.10. The molecule has 0 amide bonds. The second-order valence-electron chi connectivity index (χ2n) is 4.57. The molecule has 0 aliphatic rings. The Kier molecular flexibility index (Phi) is 4.08. The second kappa shape index (κ2) is 6.15. The number of hydrogen-bond donors (Lipinski definition) is 1. The number of benzene rings is 2. The zero-order valence-corrected chi connectivity index (χ0v) is 12.8. The van der Waals surface area contributed by atoms with Crippen LogP contribution in [0.1, 0.15) is 11.6 Å². The van der Waals surface area contributed by atoms with Gasteiger partial charge in [-0.2, -0.15) is 4.80 Å². The minimum atomic E-state index is -0.148. The molecular weight excluding hydrogens is 330 g/mol. The molecule has 0 saturated carbocycles. The van der Waals surface area contributed by atoms with Gasteiger partial charge in [-0.05, 0) is 16.8 Å². The van der Waals surface area contributed by atoms with E-state index in [0.29, 0.717) is 12.4 Å². The van der Waals surface area contributed by atoms with E-state index < -0.39 is 0 Å². The number of halogens is 1. The summed E-state index contributed by atoms with van der Waals surface area (Å²) >= 11 is 3.54. The predicted molar refractivity (Wildman–Crippen MR) is 84.6 cm³/mol. The molecule has 5 nitrogen and oxygen atoms in total.